The minimum atomic E-state index is 0.576. The van der Waals surface area contributed by atoms with Crippen LogP contribution in [0.5, 0.6) is 5.75 Å². The molecule has 0 unspecified atom stereocenters. The molecule has 3 rings (SSSR count). The molecule has 0 spiro atoms. The molecule has 2 N–H and O–H groups in total. The Morgan fingerprint density at radius 2 is 1.79 bits per heavy atom. The first-order valence-electron chi connectivity index (χ1n) is 10.0. The number of anilines is 4. The number of nitrogens with zero attached hydrogens (tertiary/aromatic N) is 3. The lowest BCUT2D eigenvalue weighted by molar-refractivity contribution is 0.414. The largest absolute Gasteiger partial charge is 0.497 e. The second-order valence-corrected chi connectivity index (χ2v) is 6.64. The molecule has 0 saturated carbocycles. The van der Waals surface area contributed by atoms with Gasteiger partial charge in [0, 0.05) is 37.2 Å². The average Bonchev–Trinajstić information content (AvgIpc) is 2.76. The maximum atomic E-state index is 5.27. The third-order valence-corrected chi connectivity index (χ3v) is 4.76. The summed E-state index contributed by atoms with van der Waals surface area (Å²) in [6, 6.07) is 18.3. The van der Waals surface area contributed by atoms with Gasteiger partial charge in [-0.15, -0.1) is 0 Å². The van der Waals surface area contributed by atoms with Crippen LogP contribution in [0, 0.1) is 0 Å². The van der Waals surface area contributed by atoms with Gasteiger partial charge in [0.05, 0.1) is 7.11 Å². The van der Waals surface area contributed by atoms with Crippen LogP contribution in [0.4, 0.5) is 23.1 Å². The van der Waals surface area contributed by atoms with Crippen molar-refractivity contribution in [1.82, 2.24) is 9.97 Å². The highest BCUT2D eigenvalue weighted by molar-refractivity contribution is 5.60. The molecule has 29 heavy (non-hydrogen) atoms. The van der Waals surface area contributed by atoms with E-state index in [2.05, 4.69) is 75.7 Å². The summed E-state index contributed by atoms with van der Waals surface area (Å²) in [5.74, 6) is 2.25. The molecule has 3 aromatic rings. The fourth-order valence-corrected chi connectivity index (χ4v) is 3.15. The van der Waals surface area contributed by atoms with Gasteiger partial charge >= 0.3 is 0 Å². The van der Waals surface area contributed by atoms with E-state index >= 15 is 0 Å². The molecule has 1 heterocycles. The number of benzene rings is 2. The highest BCUT2D eigenvalue weighted by atomic mass is 16.5. The van der Waals surface area contributed by atoms with Crippen LogP contribution in [0.3, 0.4) is 0 Å². The maximum absolute atomic E-state index is 5.27. The zero-order chi connectivity index (χ0) is 20.5. The fraction of sp³-hybridized carbons (Fsp3) is 0.304. The van der Waals surface area contributed by atoms with Crippen molar-refractivity contribution >= 4 is 23.1 Å². The Kier molecular flexibility index (Phi) is 7.28. The molecular formula is C23H29N5O. The van der Waals surface area contributed by atoms with Crippen molar-refractivity contribution in [2.24, 2.45) is 0 Å². The van der Waals surface area contributed by atoms with Crippen molar-refractivity contribution in [3.63, 3.8) is 0 Å². The Morgan fingerprint density at radius 1 is 1.00 bits per heavy atom. The second-order valence-electron chi connectivity index (χ2n) is 6.64. The normalized spacial score (nSPS) is 10.4. The molecule has 0 saturated heterocycles. The van der Waals surface area contributed by atoms with Crippen LogP contribution in [0.1, 0.15) is 19.4 Å². The average molecular weight is 392 g/mol. The van der Waals surface area contributed by atoms with E-state index < -0.39 is 0 Å². The summed E-state index contributed by atoms with van der Waals surface area (Å²) >= 11 is 0. The van der Waals surface area contributed by atoms with Gasteiger partial charge in [0.15, 0.2) is 0 Å². The number of rotatable bonds is 10. The van der Waals surface area contributed by atoms with E-state index in [0.717, 1.165) is 43.3 Å². The Morgan fingerprint density at radius 3 is 2.52 bits per heavy atom. The molecule has 0 aliphatic carbocycles. The van der Waals surface area contributed by atoms with Crippen molar-refractivity contribution in [2.75, 3.05) is 42.3 Å². The monoisotopic (exact) mass is 391 g/mol. The minimum absolute atomic E-state index is 0.576. The van der Waals surface area contributed by atoms with Crippen molar-refractivity contribution in [2.45, 2.75) is 20.3 Å². The second kappa shape index (κ2) is 10.3. The molecule has 2 aromatic carbocycles. The summed E-state index contributed by atoms with van der Waals surface area (Å²) in [5.41, 5.74) is 3.40. The molecular weight excluding hydrogens is 362 g/mol. The van der Waals surface area contributed by atoms with Crippen LogP contribution >= 0.6 is 0 Å². The van der Waals surface area contributed by atoms with Gasteiger partial charge in [0.25, 0.3) is 0 Å². The number of methoxy groups -OCH3 is 1. The van der Waals surface area contributed by atoms with Crippen LogP contribution in [-0.4, -0.2) is 36.7 Å². The molecule has 0 radical (unpaired) electrons. The van der Waals surface area contributed by atoms with Crippen LogP contribution in [0.25, 0.3) is 0 Å². The molecule has 152 valence electrons. The van der Waals surface area contributed by atoms with E-state index in [-0.39, 0.29) is 0 Å². The van der Waals surface area contributed by atoms with Gasteiger partial charge in [-0.05, 0) is 68.3 Å². The first-order chi connectivity index (χ1) is 14.2. The van der Waals surface area contributed by atoms with Gasteiger partial charge < -0.3 is 20.3 Å². The summed E-state index contributed by atoms with van der Waals surface area (Å²) in [6.45, 7) is 7.10. The summed E-state index contributed by atoms with van der Waals surface area (Å²) in [4.78, 5) is 11.2. The van der Waals surface area contributed by atoms with Crippen molar-refractivity contribution in [1.29, 1.82) is 0 Å². The van der Waals surface area contributed by atoms with Crippen LogP contribution in [0.15, 0.2) is 60.8 Å². The standard InChI is InChI=1S/C23H29N5O/c1-4-28(5-2)20-11-9-19(10-12-20)26-23-25-16-14-22(27-23)24-15-13-18-7-6-8-21(17-18)29-3/h6-12,14,16-17H,4-5,13,15H2,1-3H3,(H2,24,25,26,27). The lowest BCUT2D eigenvalue weighted by Gasteiger charge is -2.21. The molecule has 0 bridgehead atoms. The van der Waals surface area contributed by atoms with Crippen molar-refractivity contribution in [3.05, 3.63) is 66.4 Å². The molecule has 6 heteroatoms. The van der Waals surface area contributed by atoms with E-state index in [1.54, 1.807) is 13.3 Å². The number of hydrogen-bond donors (Lipinski definition) is 2. The van der Waals surface area contributed by atoms with Crippen LogP contribution in [-0.2, 0) is 6.42 Å². The van der Waals surface area contributed by atoms with Crippen LogP contribution < -0.4 is 20.3 Å². The zero-order valence-corrected chi connectivity index (χ0v) is 17.4. The Hall–Kier alpha value is -3.28. The topological polar surface area (TPSA) is 62.3 Å². The van der Waals surface area contributed by atoms with Gasteiger partial charge in [0.2, 0.25) is 5.95 Å². The number of aromatic nitrogens is 2. The summed E-state index contributed by atoms with van der Waals surface area (Å²) in [7, 11) is 1.68. The van der Waals surface area contributed by atoms with Crippen molar-refractivity contribution < 1.29 is 4.74 Å². The number of hydrogen-bond acceptors (Lipinski definition) is 6. The molecule has 1 aromatic heterocycles. The smallest absolute Gasteiger partial charge is 0.229 e. The first kappa shape index (κ1) is 20.5. The number of nitrogens with one attached hydrogen (secondary N) is 2. The molecule has 0 amide bonds. The number of ether oxygens (including phenoxy) is 1. The first-order valence-corrected chi connectivity index (χ1v) is 10.0. The van der Waals surface area contributed by atoms with E-state index in [1.807, 2.05) is 18.2 Å². The fourth-order valence-electron chi connectivity index (χ4n) is 3.15. The Bertz CT molecular complexity index is 894. The van der Waals surface area contributed by atoms with Crippen molar-refractivity contribution in [3.8, 4) is 5.75 Å². The predicted octanol–water partition coefficient (Wildman–Crippen LogP) is 4.73. The van der Waals surface area contributed by atoms with Gasteiger partial charge in [0.1, 0.15) is 11.6 Å². The SMILES string of the molecule is CCN(CC)c1ccc(Nc2nccc(NCCc3cccc(OC)c3)n2)cc1. The summed E-state index contributed by atoms with van der Waals surface area (Å²) < 4.78 is 5.27. The predicted molar refractivity (Wildman–Crippen MR) is 121 cm³/mol. The maximum Gasteiger partial charge on any atom is 0.229 e. The third-order valence-electron chi connectivity index (χ3n) is 4.76. The van der Waals surface area contributed by atoms with E-state index in [9.17, 15) is 0 Å². The molecule has 0 fully saturated rings. The van der Waals surface area contributed by atoms with Gasteiger partial charge in [-0.25, -0.2) is 4.98 Å². The minimum Gasteiger partial charge on any atom is -0.497 e. The quantitative estimate of drug-likeness (QED) is 0.521. The van der Waals surface area contributed by atoms with E-state index in [0.29, 0.717) is 5.95 Å². The third kappa shape index (κ3) is 5.85. The summed E-state index contributed by atoms with van der Waals surface area (Å²) in [6.07, 6.45) is 2.64. The Balaban J connectivity index is 1.56. The molecule has 0 aliphatic rings. The molecule has 0 atom stereocenters. The van der Waals surface area contributed by atoms with E-state index in [1.165, 1.54) is 11.3 Å². The highest BCUT2D eigenvalue weighted by Gasteiger charge is 2.04. The van der Waals surface area contributed by atoms with Gasteiger partial charge in [-0.1, -0.05) is 12.1 Å². The lowest BCUT2D eigenvalue weighted by Crippen LogP contribution is -2.21. The van der Waals surface area contributed by atoms with Crippen LogP contribution in [0.2, 0.25) is 0 Å². The van der Waals surface area contributed by atoms with Gasteiger partial charge in [-0.3, -0.25) is 0 Å². The summed E-state index contributed by atoms with van der Waals surface area (Å²) in [5, 5.41) is 6.63. The lowest BCUT2D eigenvalue weighted by atomic mass is 10.1. The molecule has 0 aliphatic heterocycles. The van der Waals surface area contributed by atoms with Gasteiger partial charge in [-0.2, -0.15) is 4.98 Å². The Labute approximate surface area is 173 Å². The highest BCUT2D eigenvalue weighted by Crippen LogP contribution is 2.20. The zero-order valence-electron chi connectivity index (χ0n) is 17.4. The molecule has 6 nitrogen and oxygen atoms in total. The van der Waals surface area contributed by atoms with E-state index in [4.69, 9.17) is 4.74 Å².